The first-order valence-corrected chi connectivity index (χ1v) is 10.9. The maximum Gasteiger partial charge on any atom is 0.433 e. The number of piperazine rings is 1. The van der Waals surface area contributed by atoms with E-state index in [1.165, 1.54) is 6.92 Å². The van der Waals surface area contributed by atoms with E-state index in [-0.39, 0.29) is 30.6 Å². The van der Waals surface area contributed by atoms with Crippen molar-refractivity contribution in [3.05, 3.63) is 28.0 Å². The molecule has 12 heteroatoms. The summed E-state index contributed by atoms with van der Waals surface area (Å²) >= 11 is 6.07. The quantitative estimate of drug-likeness (QED) is 0.524. The standard InChI is InChI=1S/C22H29ClF3N3O5/c1-12-10-15(22(24,25)26)27-16(23)13(12)11-14-17(30)29(19(32)34-21(5,6)7)9-8-28(14)18(31)33-20(2,3)4/h10,14H,8-9,11H2,1-7H3. The molecule has 2 heterocycles. The molecule has 1 aliphatic rings. The van der Waals surface area contributed by atoms with Gasteiger partial charge < -0.3 is 9.47 Å². The smallest absolute Gasteiger partial charge is 0.433 e. The number of nitrogens with zero attached hydrogens (tertiary/aromatic N) is 3. The lowest BCUT2D eigenvalue weighted by atomic mass is 9.99. The lowest BCUT2D eigenvalue weighted by Gasteiger charge is -2.40. The monoisotopic (exact) mass is 507 g/mol. The van der Waals surface area contributed by atoms with E-state index >= 15 is 0 Å². The van der Waals surface area contributed by atoms with Gasteiger partial charge in [0, 0.05) is 19.5 Å². The number of aromatic nitrogens is 1. The highest BCUT2D eigenvalue weighted by Crippen LogP contribution is 2.32. The zero-order valence-corrected chi connectivity index (χ0v) is 20.9. The summed E-state index contributed by atoms with van der Waals surface area (Å²) in [6.07, 6.45) is -6.67. The Kier molecular flexibility index (Phi) is 7.81. The summed E-state index contributed by atoms with van der Waals surface area (Å²) in [5.74, 6) is -0.762. The molecule has 0 spiro atoms. The van der Waals surface area contributed by atoms with Gasteiger partial charge in [0.25, 0.3) is 5.91 Å². The highest BCUT2D eigenvalue weighted by molar-refractivity contribution is 6.30. The first-order chi connectivity index (χ1) is 15.3. The van der Waals surface area contributed by atoms with E-state index in [0.29, 0.717) is 0 Å². The van der Waals surface area contributed by atoms with Gasteiger partial charge in [0.1, 0.15) is 28.1 Å². The first kappa shape index (κ1) is 27.7. The van der Waals surface area contributed by atoms with Gasteiger partial charge in [-0.25, -0.2) is 19.5 Å². The molecule has 1 aliphatic heterocycles. The van der Waals surface area contributed by atoms with Crippen LogP contribution < -0.4 is 0 Å². The Morgan fingerprint density at radius 1 is 1.06 bits per heavy atom. The third kappa shape index (κ3) is 6.97. The summed E-state index contributed by atoms with van der Waals surface area (Å²) in [4.78, 5) is 44.2. The number of pyridine rings is 1. The van der Waals surface area contributed by atoms with Crippen LogP contribution in [0, 0.1) is 6.92 Å². The van der Waals surface area contributed by atoms with Crippen molar-refractivity contribution in [2.24, 2.45) is 0 Å². The number of hydrogen-bond acceptors (Lipinski definition) is 6. The van der Waals surface area contributed by atoms with E-state index in [1.807, 2.05) is 0 Å². The molecular weight excluding hydrogens is 479 g/mol. The van der Waals surface area contributed by atoms with Gasteiger partial charge in [-0.3, -0.25) is 9.69 Å². The minimum atomic E-state index is -4.70. The number of carbonyl (C=O) groups excluding carboxylic acids is 3. The number of rotatable bonds is 2. The molecule has 3 amide bonds. The second-order valence-electron chi connectivity index (χ2n) is 9.96. The topological polar surface area (TPSA) is 89.0 Å². The maximum absolute atomic E-state index is 13.3. The number of carbonyl (C=O) groups is 3. The molecule has 0 aromatic carbocycles. The summed E-state index contributed by atoms with van der Waals surface area (Å²) in [6, 6.07) is -0.455. The minimum absolute atomic E-state index is 0.0602. The Balaban J connectivity index is 2.45. The lowest BCUT2D eigenvalue weighted by molar-refractivity contribution is -0.142. The average molecular weight is 508 g/mol. The zero-order valence-electron chi connectivity index (χ0n) is 20.2. The second-order valence-corrected chi connectivity index (χ2v) is 10.3. The van der Waals surface area contributed by atoms with Crippen LogP contribution >= 0.6 is 11.6 Å². The zero-order chi connectivity index (χ0) is 26.2. The molecule has 0 N–H and O–H groups in total. The van der Waals surface area contributed by atoms with Crippen LogP contribution in [0.1, 0.15) is 58.4 Å². The van der Waals surface area contributed by atoms with E-state index < -0.39 is 52.4 Å². The Labute approximate surface area is 201 Å². The number of halogens is 4. The molecule has 1 aromatic rings. The van der Waals surface area contributed by atoms with E-state index in [2.05, 4.69) is 4.98 Å². The van der Waals surface area contributed by atoms with Crippen molar-refractivity contribution in [1.82, 2.24) is 14.8 Å². The lowest BCUT2D eigenvalue weighted by Crippen LogP contribution is -2.61. The Morgan fingerprint density at radius 3 is 2.06 bits per heavy atom. The van der Waals surface area contributed by atoms with Crippen LogP contribution in [-0.4, -0.2) is 63.2 Å². The molecule has 1 saturated heterocycles. The van der Waals surface area contributed by atoms with Gasteiger partial charge in [-0.15, -0.1) is 0 Å². The molecular formula is C22H29ClF3N3O5. The number of hydrogen-bond donors (Lipinski definition) is 0. The van der Waals surface area contributed by atoms with Crippen molar-refractivity contribution in [2.45, 2.75) is 78.3 Å². The molecule has 1 aromatic heterocycles. The number of amides is 3. The van der Waals surface area contributed by atoms with Crippen LogP contribution in [0.3, 0.4) is 0 Å². The summed E-state index contributed by atoms with van der Waals surface area (Å²) in [5, 5.41) is -0.446. The summed E-state index contributed by atoms with van der Waals surface area (Å²) < 4.78 is 50.0. The average Bonchev–Trinajstić information content (AvgIpc) is 2.61. The van der Waals surface area contributed by atoms with Crippen LogP contribution in [-0.2, 0) is 26.9 Å². The fraction of sp³-hybridized carbons (Fsp3) is 0.636. The molecule has 190 valence electrons. The third-order valence-electron chi connectivity index (χ3n) is 4.72. The van der Waals surface area contributed by atoms with Crippen LogP contribution in [0.15, 0.2) is 6.07 Å². The Morgan fingerprint density at radius 2 is 1.59 bits per heavy atom. The molecule has 0 saturated carbocycles. The fourth-order valence-electron chi connectivity index (χ4n) is 3.27. The number of alkyl halides is 3. The summed E-state index contributed by atoms with van der Waals surface area (Å²) in [5.41, 5.74) is -2.62. The van der Waals surface area contributed by atoms with Gasteiger partial charge in [-0.2, -0.15) is 13.2 Å². The molecule has 1 fully saturated rings. The first-order valence-electron chi connectivity index (χ1n) is 10.6. The molecule has 0 bridgehead atoms. The van der Waals surface area contributed by atoms with Crippen molar-refractivity contribution in [1.29, 1.82) is 0 Å². The van der Waals surface area contributed by atoms with Crippen molar-refractivity contribution >= 4 is 29.7 Å². The van der Waals surface area contributed by atoms with Gasteiger partial charge in [0.05, 0.1) is 0 Å². The van der Waals surface area contributed by atoms with Crippen molar-refractivity contribution in [3.8, 4) is 0 Å². The number of aryl methyl sites for hydroxylation is 1. The summed E-state index contributed by atoms with van der Waals surface area (Å²) in [7, 11) is 0. The summed E-state index contributed by atoms with van der Waals surface area (Å²) in [6.45, 7) is 11.1. The minimum Gasteiger partial charge on any atom is -0.444 e. The van der Waals surface area contributed by atoms with Crippen LogP contribution in [0.25, 0.3) is 0 Å². The second kappa shape index (κ2) is 9.59. The van der Waals surface area contributed by atoms with Gasteiger partial charge in [-0.1, -0.05) is 11.6 Å². The van der Waals surface area contributed by atoms with E-state index in [1.54, 1.807) is 41.5 Å². The largest absolute Gasteiger partial charge is 0.444 e. The van der Waals surface area contributed by atoms with Gasteiger partial charge in [0.2, 0.25) is 0 Å². The van der Waals surface area contributed by atoms with Crippen LogP contribution in [0.4, 0.5) is 22.8 Å². The normalized spacial score (nSPS) is 17.6. The highest BCUT2D eigenvalue weighted by Gasteiger charge is 2.43. The molecule has 34 heavy (non-hydrogen) atoms. The molecule has 0 radical (unpaired) electrons. The predicted octanol–water partition coefficient (Wildman–Crippen LogP) is 4.99. The van der Waals surface area contributed by atoms with E-state index in [9.17, 15) is 27.6 Å². The molecule has 8 nitrogen and oxygen atoms in total. The van der Waals surface area contributed by atoms with Crippen LogP contribution in [0.2, 0.25) is 5.15 Å². The predicted molar refractivity (Wildman–Crippen MR) is 117 cm³/mol. The number of imide groups is 1. The molecule has 0 aliphatic carbocycles. The van der Waals surface area contributed by atoms with Gasteiger partial charge >= 0.3 is 18.4 Å². The fourth-order valence-corrected chi connectivity index (χ4v) is 3.58. The van der Waals surface area contributed by atoms with Crippen molar-refractivity contribution < 1.29 is 37.0 Å². The van der Waals surface area contributed by atoms with E-state index in [4.69, 9.17) is 21.1 Å². The molecule has 2 rings (SSSR count). The molecule has 1 unspecified atom stereocenters. The highest BCUT2D eigenvalue weighted by atomic mass is 35.5. The number of ether oxygens (including phenoxy) is 2. The third-order valence-corrected chi connectivity index (χ3v) is 5.03. The Hall–Kier alpha value is -2.56. The van der Waals surface area contributed by atoms with Gasteiger partial charge in [-0.05, 0) is 65.7 Å². The maximum atomic E-state index is 13.3. The molecule has 1 atom stereocenters. The van der Waals surface area contributed by atoms with Crippen LogP contribution in [0.5, 0.6) is 0 Å². The SMILES string of the molecule is Cc1cc(C(F)(F)F)nc(Cl)c1CC1C(=O)N(C(=O)OC(C)(C)C)CCN1C(=O)OC(C)(C)C. The van der Waals surface area contributed by atoms with Crippen molar-refractivity contribution in [2.75, 3.05) is 13.1 Å². The van der Waals surface area contributed by atoms with Gasteiger partial charge in [0.15, 0.2) is 0 Å². The van der Waals surface area contributed by atoms with Crippen molar-refractivity contribution in [3.63, 3.8) is 0 Å². The van der Waals surface area contributed by atoms with E-state index in [0.717, 1.165) is 15.9 Å². The Bertz CT molecular complexity index is 947.